The summed E-state index contributed by atoms with van der Waals surface area (Å²) in [7, 11) is 0. The number of hydrogen-bond donors (Lipinski definition) is 4. The Hall–Kier alpha value is -3.10. The first-order valence-electron chi connectivity index (χ1n) is 13.4. The van der Waals surface area contributed by atoms with Gasteiger partial charge in [0.05, 0.1) is 6.04 Å². The molecule has 38 heavy (non-hydrogen) atoms. The van der Waals surface area contributed by atoms with E-state index in [0.29, 0.717) is 37.6 Å². The summed E-state index contributed by atoms with van der Waals surface area (Å²) in [5.41, 5.74) is 1.99. The van der Waals surface area contributed by atoms with Crippen LogP contribution in [0, 0.1) is 5.92 Å². The molecule has 0 spiro atoms. The van der Waals surface area contributed by atoms with Crippen molar-refractivity contribution in [1.29, 1.82) is 0 Å². The number of benzene rings is 2. The van der Waals surface area contributed by atoms with Gasteiger partial charge in [0, 0.05) is 18.1 Å². The van der Waals surface area contributed by atoms with Crippen LogP contribution in [-0.2, 0) is 27.2 Å². The van der Waals surface area contributed by atoms with Gasteiger partial charge in [-0.25, -0.2) is 0 Å². The number of fused-ring (bicyclic) bond motifs is 1. The van der Waals surface area contributed by atoms with Crippen LogP contribution >= 0.6 is 11.6 Å². The van der Waals surface area contributed by atoms with Crippen molar-refractivity contribution in [2.24, 2.45) is 5.92 Å². The van der Waals surface area contributed by atoms with Gasteiger partial charge in [0.2, 0.25) is 17.7 Å². The molecule has 0 fully saturated rings. The standard InChI is InChI=1S/C29H39ClN4O4/c1-4-23-27(35)32-15-7-9-21-8-5-6-10-25(21)38-17-16-31-24(18-20-11-13-22(30)14-12-20)28(36)34-26(19(2)3)29(37)33-23/h5-6,8,10-14,19,23-24,26,31H,4,7,9,15-18H2,1-3H3,(H,32,35)(H,33,37)(H,34,36)/t23-,24+,26+/m0/s1. The molecule has 0 saturated carbocycles. The van der Waals surface area contributed by atoms with Gasteiger partial charge in [0.25, 0.3) is 0 Å². The number of rotatable bonds is 4. The second-order valence-electron chi connectivity index (χ2n) is 9.89. The minimum absolute atomic E-state index is 0.180. The third kappa shape index (κ3) is 8.74. The lowest BCUT2D eigenvalue weighted by atomic mass is 10.0. The molecule has 1 heterocycles. The maximum atomic E-state index is 13.5. The monoisotopic (exact) mass is 542 g/mol. The van der Waals surface area contributed by atoms with Crippen LogP contribution in [0.5, 0.6) is 5.75 Å². The van der Waals surface area contributed by atoms with E-state index in [9.17, 15) is 14.4 Å². The van der Waals surface area contributed by atoms with E-state index in [1.165, 1.54) is 0 Å². The number of ether oxygens (including phenoxy) is 1. The average Bonchev–Trinajstić information content (AvgIpc) is 2.90. The summed E-state index contributed by atoms with van der Waals surface area (Å²) < 4.78 is 6.05. The largest absolute Gasteiger partial charge is 0.492 e. The van der Waals surface area contributed by atoms with Crippen LogP contribution in [0.3, 0.4) is 0 Å². The third-order valence-electron chi connectivity index (χ3n) is 6.60. The van der Waals surface area contributed by atoms with E-state index in [2.05, 4.69) is 21.3 Å². The van der Waals surface area contributed by atoms with E-state index in [4.69, 9.17) is 16.3 Å². The van der Waals surface area contributed by atoms with Crippen LogP contribution in [0.1, 0.15) is 44.7 Å². The zero-order chi connectivity index (χ0) is 27.5. The highest BCUT2D eigenvalue weighted by Crippen LogP contribution is 2.19. The van der Waals surface area contributed by atoms with E-state index >= 15 is 0 Å². The molecule has 2 aromatic carbocycles. The van der Waals surface area contributed by atoms with Crippen LogP contribution in [0.25, 0.3) is 0 Å². The number of amides is 3. The van der Waals surface area contributed by atoms with Crippen molar-refractivity contribution in [3.8, 4) is 5.75 Å². The Balaban J connectivity index is 1.84. The van der Waals surface area contributed by atoms with E-state index in [1.54, 1.807) is 12.1 Å². The molecule has 8 nitrogen and oxygen atoms in total. The van der Waals surface area contributed by atoms with Gasteiger partial charge in [-0.15, -0.1) is 0 Å². The minimum atomic E-state index is -0.791. The molecule has 3 atom stereocenters. The summed E-state index contributed by atoms with van der Waals surface area (Å²) in [6.07, 6.45) is 2.33. The molecule has 4 N–H and O–H groups in total. The molecule has 9 heteroatoms. The second kappa shape index (κ2) is 14.7. The van der Waals surface area contributed by atoms with Gasteiger partial charge in [-0.3, -0.25) is 14.4 Å². The Morgan fingerprint density at radius 1 is 0.921 bits per heavy atom. The molecule has 0 unspecified atom stereocenters. The molecule has 3 amide bonds. The topological polar surface area (TPSA) is 109 Å². The summed E-state index contributed by atoms with van der Waals surface area (Å²) in [4.78, 5) is 39.4. The summed E-state index contributed by atoms with van der Waals surface area (Å²) in [6, 6.07) is 13.1. The Morgan fingerprint density at radius 2 is 1.66 bits per heavy atom. The normalized spacial score (nSPS) is 22.2. The van der Waals surface area contributed by atoms with Gasteiger partial charge in [-0.2, -0.15) is 0 Å². The molecule has 206 valence electrons. The van der Waals surface area contributed by atoms with Crippen molar-refractivity contribution in [2.45, 2.75) is 64.6 Å². The number of halogens is 1. The summed E-state index contributed by atoms with van der Waals surface area (Å²) >= 11 is 6.04. The Morgan fingerprint density at radius 3 is 2.37 bits per heavy atom. The fraction of sp³-hybridized carbons (Fsp3) is 0.483. The molecular formula is C29H39ClN4O4. The van der Waals surface area contributed by atoms with E-state index in [1.807, 2.05) is 57.2 Å². The quantitative estimate of drug-likeness (QED) is 0.475. The first-order chi connectivity index (χ1) is 18.3. The first-order valence-corrected chi connectivity index (χ1v) is 13.7. The summed E-state index contributed by atoms with van der Waals surface area (Å²) in [5.74, 6) is -0.297. The van der Waals surface area contributed by atoms with Crippen LogP contribution in [-0.4, -0.2) is 55.5 Å². The van der Waals surface area contributed by atoms with Crippen molar-refractivity contribution in [1.82, 2.24) is 21.3 Å². The SMILES string of the molecule is CC[C@@H]1NC(=O)[C@@H](C(C)C)NC(=O)[C@@H](Cc2ccc(Cl)cc2)NCCOc2ccccc2CCCNC1=O. The van der Waals surface area contributed by atoms with E-state index in [-0.39, 0.29) is 23.6 Å². The van der Waals surface area contributed by atoms with Crippen molar-refractivity contribution in [2.75, 3.05) is 19.7 Å². The van der Waals surface area contributed by atoms with Crippen molar-refractivity contribution in [3.05, 3.63) is 64.7 Å². The average molecular weight is 543 g/mol. The van der Waals surface area contributed by atoms with Crippen molar-refractivity contribution in [3.63, 3.8) is 0 Å². The number of para-hydroxylation sites is 1. The highest BCUT2D eigenvalue weighted by Gasteiger charge is 2.30. The molecular weight excluding hydrogens is 504 g/mol. The summed E-state index contributed by atoms with van der Waals surface area (Å²) in [5, 5.41) is 12.6. The lowest BCUT2D eigenvalue weighted by Gasteiger charge is -2.27. The Kier molecular flexibility index (Phi) is 11.4. The lowest BCUT2D eigenvalue weighted by molar-refractivity contribution is -0.133. The number of hydrogen-bond acceptors (Lipinski definition) is 5. The number of nitrogens with one attached hydrogen (secondary N) is 4. The molecule has 2 aromatic rings. The molecule has 0 aliphatic carbocycles. The number of aryl methyl sites for hydroxylation is 1. The van der Waals surface area contributed by atoms with E-state index < -0.39 is 18.1 Å². The lowest BCUT2D eigenvalue weighted by Crippen LogP contribution is -2.58. The highest BCUT2D eigenvalue weighted by atomic mass is 35.5. The molecule has 0 radical (unpaired) electrons. The smallest absolute Gasteiger partial charge is 0.243 e. The number of carbonyl (C=O) groups excluding carboxylic acids is 3. The zero-order valence-corrected chi connectivity index (χ0v) is 23.1. The maximum Gasteiger partial charge on any atom is 0.243 e. The van der Waals surface area contributed by atoms with Gasteiger partial charge in [0.1, 0.15) is 24.4 Å². The predicted octanol–water partition coefficient (Wildman–Crippen LogP) is 3.02. The maximum absolute atomic E-state index is 13.5. The minimum Gasteiger partial charge on any atom is -0.492 e. The van der Waals surface area contributed by atoms with Crippen LogP contribution in [0.2, 0.25) is 5.02 Å². The molecule has 0 saturated heterocycles. The fourth-order valence-corrected chi connectivity index (χ4v) is 4.50. The van der Waals surface area contributed by atoms with Crippen molar-refractivity contribution < 1.29 is 19.1 Å². The van der Waals surface area contributed by atoms with Gasteiger partial charge in [-0.05, 0) is 60.9 Å². The van der Waals surface area contributed by atoms with Crippen molar-refractivity contribution >= 4 is 29.3 Å². The fourth-order valence-electron chi connectivity index (χ4n) is 4.38. The van der Waals surface area contributed by atoms with Gasteiger partial charge in [-0.1, -0.05) is 62.7 Å². The summed E-state index contributed by atoms with van der Waals surface area (Å²) in [6.45, 7) is 6.86. The second-order valence-corrected chi connectivity index (χ2v) is 10.3. The van der Waals surface area contributed by atoms with Gasteiger partial charge in [0.15, 0.2) is 0 Å². The molecule has 0 aromatic heterocycles. The molecule has 1 aliphatic heterocycles. The zero-order valence-electron chi connectivity index (χ0n) is 22.4. The molecule has 0 bridgehead atoms. The van der Waals surface area contributed by atoms with E-state index in [0.717, 1.165) is 29.7 Å². The Bertz CT molecular complexity index is 1080. The predicted molar refractivity (Wildman–Crippen MR) is 149 cm³/mol. The molecule has 1 aliphatic rings. The Labute approximate surface area is 230 Å². The third-order valence-corrected chi connectivity index (χ3v) is 6.85. The van der Waals surface area contributed by atoms with Crippen LogP contribution in [0.4, 0.5) is 0 Å². The first kappa shape index (κ1) is 29.5. The number of carbonyl (C=O) groups is 3. The molecule has 3 rings (SSSR count). The highest BCUT2D eigenvalue weighted by molar-refractivity contribution is 6.30. The van der Waals surface area contributed by atoms with Crippen LogP contribution < -0.4 is 26.0 Å². The van der Waals surface area contributed by atoms with Crippen LogP contribution in [0.15, 0.2) is 48.5 Å². The van der Waals surface area contributed by atoms with Gasteiger partial charge >= 0.3 is 0 Å². The van der Waals surface area contributed by atoms with Gasteiger partial charge < -0.3 is 26.0 Å².